The van der Waals surface area contributed by atoms with Crippen molar-refractivity contribution < 1.29 is 4.79 Å². The van der Waals surface area contributed by atoms with E-state index in [0.717, 1.165) is 28.0 Å². The van der Waals surface area contributed by atoms with Gasteiger partial charge in [0.05, 0.1) is 28.3 Å². The van der Waals surface area contributed by atoms with E-state index < -0.39 is 0 Å². The van der Waals surface area contributed by atoms with E-state index in [9.17, 15) is 9.59 Å². The molecule has 0 saturated carbocycles. The predicted molar refractivity (Wildman–Crippen MR) is 170 cm³/mol. The highest BCUT2D eigenvalue weighted by molar-refractivity contribution is 6.05. The van der Waals surface area contributed by atoms with Crippen molar-refractivity contribution in [3.63, 3.8) is 0 Å². The molecule has 0 aliphatic carbocycles. The van der Waals surface area contributed by atoms with Gasteiger partial charge < -0.3 is 0 Å². The van der Waals surface area contributed by atoms with Crippen LogP contribution in [0.4, 0.5) is 0 Å². The maximum Gasteiger partial charge on any atom is 0.274 e. The van der Waals surface area contributed by atoms with Crippen molar-refractivity contribution in [1.29, 1.82) is 0 Å². The van der Waals surface area contributed by atoms with E-state index in [1.54, 1.807) is 39.9 Å². The summed E-state index contributed by atoms with van der Waals surface area (Å²) < 4.78 is 1.61. The third kappa shape index (κ3) is 4.93. The Kier molecular flexibility index (Phi) is 6.72. The lowest BCUT2D eigenvalue weighted by Gasteiger charge is -2.22. The Hall–Kier alpha value is -5.62. The van der Waals surface area contributed by atoms with Crippen LogP contribution in [0.3, 0.4) is 0 Å². The number of amides is 1. The monoisotopic (exact) mass is 560 g/mol. The summed E-state index contributed by atoms with van der Waals surface area (Å²) in [6.45, 7) is 2.05. The number of fused-ring (bicyclic) bond motifs is 1. The van der Waals surface area contributed by atoms with Gasteiger partial charge in [-0.3, -0.25) is 14.2 Å². The van der Waals surface area contributed by atoms with Crippen molar-refractivity contribution in [3.05, 3.63) is 166 Å². The van der Waals surface area contributed by atoms with Gasteiger partial charge in [0.25, 0.3) is 11.5 Å². The molecule has 1 amide bonds. The maximum absolute atomic E-state index is 14.0. The molecule has 0 radical (unpaired) electrons. The maximum atomic E-state index is 14.0. The molecule has 0 N–H and O–H groups in total. The number of benzene rings is 5. The quantitative estimate of drug-likeness (QED) is 0.221. The zero-order valence-corrected chi connectivity index (χ0v) is 23.6. The van der Waals surface area contributed by atoms with E-state index in [1.165, 1.54) is 0 Å². The molecule has 0 saturated heterocycles. The third-order valence-corrected chi connectivity index (χ3v) is 7.87. The molecule has 2 heterocycles. The zero-order chi connectivity index (χ0) is 29.3. The van der Waals surface area contributed by atoms with E-state index in [4.69, 9.17) is 10.1 Å². The first-order chi connectivity index (χ1) is 21.1. The molecule has 0 bridgehead atoms. The van der Waals surface area contributed by atoms with Gasteiger partial charge in [0, 0.05) is 17.5 Å². The van der Waals surface area contributed by atoms with Crippen LogP contribution in [0.15, 0.2) is 143 Å². The van der Waals surface area contributed by atoms with Crippen LogP contribution in [0.25, 0.3) is 28.0 Å². The van der Waals surface area contributed by atoms with Gasteiger partial charge in [-0.1, -0.05) is 103 Å². The predicted octanol–water partition coefficient (Wildman–Crippen LogP) is 7.35. The normalized spacial score (nSPS) is 14.6. The second-order valence-corrected chi connectivity index (χ2v) is 10.7. The van der Waals surface area contributed by atoms with Gasteiger partial charge in [-0.25, -0.2) is 9.99 Å². The Morgan fingerprint density at radius 1 is 0.721 bits per heavy atom. The molecule has 0 spiro atoms. The molecule has 1 unspecified atom stereocenters. The lowest BCUT2D eigenvalue weighted by molar-refractivity contribution is 0.0711. The van der Waals surface area contributed by atoms with Crippen molar-refractivity contribution in [2.45, 2.75) is 19.4 Å². The molecule has 1 atom stereocenters. The summed E-state index contributed by atoms with van der Waals surface area (Å²) in [6, 6.07) is 42.1. The highest BCUT2D eigenvalue weighted by Gasteiger charge is 2.33. The summed E-state index contributed by atoms with van der Waals surface area (Å²) in [5.74, 6) is 0.342. The molecule has 208 valence electrons. The molecular formula is C37H28N4O2. The third-order valence-electron chi connectivity index (χ3n) is 7.87. The van der Waals surface area contributed by atoms with Gasteiger partial charge in [0.15, 0.2) is 0 Å². The van der Waals surface area contributed by atoms with Crippen LogP contribution < -0.4 is 5.56 Å². The number of carbonyl (C=O) groups is 1. The molecular weight excluding hydrogens is 532 g/mol. The number of rotatable bonds is 5. The number of hydrazone groups is 1. The molecule has 43 heavy (non-hydrogen) atoms. The number of aromatic nitrogens is 2. The first-order valence-electron chi connectivity index (χ1n) is 14.3. The first kappa shape index (κ1) is 26.3. The van der Waals surface area contributed by atoms with Crippen LogP contribution in [-0.4, -0.2) is 26.2 Å². The molecule has 5 aromatic carbocycles. The van der Waals surface area contributed by atoms with Gasteiger partial charge in [-0.15, -0.1) is 0 Å². The van der Waals surface area contributed by atoms with Crippen molar-refractivity contribution in [2.24, 2.45) is 5.10 Å². The largest absolute Gasteiger partial charge is 0.274 e. The number of hydrogen-bond donors (Lipinski definition) is 0. The highest BCUT2D eigenvalue weighted by Crippen LogP contribution is 2.34. The summed E-state index contributed by atoms with van der Waals surface area (Å²) in [5.41, 5.74) is 6.48. The van der Waals surface area contributed by atoms with Crippen LogP contribution in [0.1, 0.15) is 39.5 Å². The molecule has 6 nitrogen and oxygen atoms in total. The van der Waals surface area contributed by atoms with Crippen molar-refractivity contribution in [1.82, 2.24) is 14.6 Å². The summed E-state index contributed by atoms with van der Waals surface area (Å²) in [4.78, 5) is 32.6. The van der Waals surface area contributed by atoms with Crippen LogP contribution in [0.5, 0.6) is 0 Å². The summed E-state index contributed by atoms with van der Waals surface area (Å²) in [7, 11) is 0. The summed E-state index contributed by atoms with van der Waals surface area (Å²) in [5, 5.41) is 6.96. The summed E-state index contributed by atoms with van der Waals surface area (Å²) in [6.07, 6.45) is 0.621. The average molecular weight is 561 g/mol. The Morgan fingerprint density at radius 3 is 2.05 bits per heavy atom. The lowest BCUT2D eigenvalue weighted by atomic mass is 9.97. The number of nitrogens with zero attached hydrogens (tertiary/aromatic N) is 4. The van der Waals surface area contributed by atoms with Crippen LogP contribution in [0, 0.1) is 6.92 Å². The second kappa shape index (κ2) is 11.0. The highest BCUT2D eigenvalue weighted by atomic mass is 16.2. The Labute approximate surface area is 249 Å². The molecule has 0 fully saturated rings. The van der Waals surface area contributed by atoms with Gasteiger partial charge in [-0.2, -0.15) is 5.10 Å². The van der Waals surface area contributed by atoms with E-state index in [-0.39, 0.29) is 17.5 Å². The standard InChI is InChI=1S/C37H28N4O2/c1-25-16-18-27(19-17-25)34-24-33(26-10-4-2-5-11-26)39-41(34)36(42)29-20-22-30(23-21-29)40-35(28-12-6-3-7-13-28)38-32-15-9-8-14-31(32)37(40)43/h2-23,34H,24H2,1H3. The van der Waals surface area contributed by atoms with Gasteiger partial charge >= 0.3 is 0 Å². The fraction of sp³-hybridized carbons (Fsp3) is 0.0811. The number of carbonyl (C=O) groups excluding carboxylic acids is 1. The number of hydrogen-bond acceptors (Lipinski definition) is 4. The van der Waals surface area contributed by atoms with E-state index >= 15 is 0 Å². The average Bonchev–Trinajstić information content (AvgIpc) is 3.51. The van der Waals surface area contributed by atoms with Crippen LogP contribution in [-0.2, 0) is 0 Å². The molecule has 1 aliphatic heterocycles. The minimum Gasteiger partial charge on any atom is -0.268 e. The molecule has 6 heteroatoms. The van der Waals surface area contributed by atoms with Crippen molar-refractivity contribution in [3.8, 4) is 17.1 Å². The molecule has 7 rings (SSSR count). The van der Waals surface area contributed by atoms with Crippen LogP contribution in [0.2, 0.25) is 0 Å². The minimum atomic E-state index is -0.222. The number of para-hydroxylation sites is 1. The molecule has 1 aliphatic rings. The van der Waals surface area contributed by atoms with E-state index in [1.807, 2.05) is 85.8 Å². The fourth-order valence-electron chi connectivity index (χ4n) is 5.59. The molecule has 1 aromatic heterocycles. The van der Waals surface area contributed by atoms with Gasteiger partial charge in [-0.05, 0) is 54.4 Å². The van der Waals surface area contributed by atoms with Gasteiger partial charge in [0.1, 0.15) is 5.82 Å². The number of aryl methyl sites for hydroxylation is 1. The Bertz CT molecular complexity index is 2030. The topological polar surface area (TPSA) is 67.6 Å². The fourth-order valence-corrected chi connectivity index (χ4v) is 5.59. The van der Waals surface area contributed by atoms with Crippen molar-refractivity contribution >= 4 is 22.5 Å². The van der Waals surface area contributed by atoms with E-state index in [0.29, 0.717) is 34.4 Å². The Morgan fingerprint density at radius 2 is 1.35 bits per heavy atom. The zero-order valence-electron chi connectivity index (χ0n) is 23.6. The first-order valence-corrected chi connectivity index (χ1v) is 14.3. The van der Waals surface area contributed by atoms with Crippen molar-refractivity contribution in [2.75, 3.05) is 0 Å². The Balaban J connectivity index is 1.28. The summed E-state index contributed by atoms with van der Waals surface area (Å²) >= 11 is 0. The lowest BCUT2D eigenvalue weighted by Crippen LogP contribution is -2.27. The minimum absolute atomic E-state index is 0.167. The van der Waals surface area contributed by atoms with E-state index in [2.05, 4.69) is 24.3 Å². The van der Waals surface area contributed by atoms with Gasteiger partial charge in [0.2, 0.25) is 0 Å². The SMILES string of the molecule is Cc1ccc(C2CC(c3ccccc3)=NN2C(=O)c2ccc(-n3c(-c4ccccc4)nc4ccccc4c3=O)cc2)cc1. The molecule has 6 aromatic rings. The van der Waals surface area contributed by atoms with Crippen LogP contribution >= 0.6 is 0 Å². The smallest absolute Gasteiger partial charge is 0.268 e. The second-order valence-electron chi connectivity index (χ2n) is 10.7.